The minimum atomic E-state index is -0.511. The normalized spacial score (nSPS) is 11.5. The van der Waals surface area contributed by atoms with Gasteiger partial charge in [-0.15, -0.1) is 0 Å². The van der Waals surface area contributed by atoms with Crippen LogP contribution in [0.25, 0.3) is 0 Å². The molecule has 0 aliphatic heterocycles. The molecule has 1 aromatic heterocycles. The smallest absolute Gasteiger partial charge is 0.255 e. The molecule has 0 fully saturated rings. The monoisotopic (exact) mass is 467 g/mol. The van der Waals surface area contributed by atoms with E-state index in [0.717, 1.165) is 17.0 Å². The number of nitrogens with zero attached hydrogens (tertiary/aromatic N) is 2. The molecule has 1 atom stereocenters. The predicted octanol–water partition coefficient (Wildman–Crippen LogP) is 4.24. The van der Waals surface area contributed by atoms with Crippen molar-refractivity contribution in [3.8, 4) is 0 Å². The highest BCUT2D eigenvalue weighted by Crippen LogP contribution is 2.27. The molecule has 8 nitrogen and oxygen atoms in total. The van der Waals surface area contributed by atoms with E-state index in [1.807, 2.05) is 19.9 Å². The zero-order valence-corrected chi connectivity index (χ0v) is 19.7. The maximum atomic E-state index is 12.7. The summed E-state index contributed by atoms with van der Waals surface area (Å²) in [5, 5.41) is 13.0. The van der Waals surface area contributed by atoms with Gasteiger partial charge in [-0.1, -0.05) is 23.7 Å². The lowest BCUT2D eigenvalue weighted by atomic mass is 10.1. The van der Waals surface area contributed by atoms with Crippen LogP contribution < -0.4 is 16.0 Å². The van der Waals surface area contributed by atoms with Crippen LogP contribution in [0.5, 0.6) is 0 Å². The highest BCUT2D eigenvalue weighted by molar-refractivity contribution is 6.34. The van der Waals surface area contributed by atoms with Crippen LogP contribution >= 0.6 is 11.6 Å². The average Bonchev–Trinajstić information content (AvgIpc) is 3.11. The van der Waals surface area contributed by atoms with Crippen LogP contribution in [0, 0.1) is 13.8 Å². The third-order valence-corrected chi connectivity index (χ3v) is 5.35. The van der Waals surface area contributed by atoms with E-state index in [-0.39, 0.29) is 17.7 Å². The molecular formula is C24H26ClN5O3. The van der Waals surface area contributed by atoms with E-state index in [1.165, 1.54) is 6.92 Å². The SMILES string of the molecule is CC(=O)NCc1ccc(C(=O)Nc2ccc(NC(=O)C(C)n3nc(C)cc3C)c(Cl)c2)cc1. The fraction of sp³-hybridized carbons (Fsp3) is 0.250. The number of anilines is 2. The average molecular weight is 468 g/mol. The first-order valence-electron chi connectivity index (χ1n) is 10.4. The second-order valence-corrected chi connectivity index (χ2v) is 8.20. The maximum Gasteiger partial charge on any atom is 0.255 e. The second-order valence-electron chi connectivity index (χ2n) is 7.79. The summed E-state index contributed by atoms with van der Waals surface area (Å²) in [6.45, 7) is 7.38. The molecule has 1 unspecified atom stereocenters. The quantitative estimate of drug-likeness (QED) is 0.483. The molecule has 9 heteroatoms. The van der Waals surface area contributed by atoms with Crippen LogP contribution in [-0.2, 0) is 16.1 Å². The van der Waals surface area contributed by atoms with Gasteiger partial charge in [0.05, 0.1) is 16.4 Å². The molecule has 1 heterocycles. The van der Waals surface area contributed by atoms with E-state index in [1.54, 1.807) is 54.1 Å². The number of aromatic nitrogens is 2. The topological polar surface area (TPSA) is 105 Å². The number of amides is 3. The van der Waals surface area contributed by atoms with Gasteiger partial charge >= 0.3 is 0 Å². The van der Waals surface area contributed by atoms with Crippen LogP contribution in [0.1, 0.15) is 47.2 Å². The number of aryl methyl sites for hydroxylation is 2. The van der Waals surface area contributed by atoms with Gasteiger partial charge in [0.2, 0.25) is 11.8 Å². The van der Waals surface area contributed by atoms with Gasteiger partial charge < -0.3 is 16.0 Å². The Kier molecular flexibility index (Phi) is 7.50. The predicted molar refractivity (Wildman–Crippen MR) is 128 cm³/mol. The van der Waals surface area contributed by atoms with Crippen LogP contribution in [0.3, 0.4) is 0 Å². The summed E-state index contributed by atoms with van der Waals surface area (Å²) in [4.78, 5) is 36.2. The number of rotatable bonds is 7. The Morgan fingerprint density at radius 1 is 1.03 bits per heavy atom. The van der Waals surface area contributed by atoms with Gasteiger partial charge in [-0.05, 0) is 62.7 Å². The van der Waals surface area contributed by atoms with Gasteiger partial charge in [0.1, 0.15) is 6.04 Å². The molecule has 3 amide bonds. The lowest BCUT2D eigenvalue weighted by molar-refractivity contribution is -0.119. The second kappa shape index (κ2) is 10.3. The summed E-state index contributed by atoms with van der Waals surface area (Å²) in [5.41, 5.74) is 4.02. The van der Waals surface area contributed by atoms with Crippen molar-refractivity contribution >= 4 is 40.7 Å². The molecule has 2 aromatic carbocycles. The Labute approximate surface area is 197 Å². The molecule has 33 heavy (non-hydrogen) atoms. The van der Waals surface area contributed by atoms with E-state index < -0.39 is 6.04 Å². The van der Waals surface area contributed by atoms with E-state index in [4.69, 9.17) is 11.6 Å². The molecule has 3 aromatic rings. The van der Waals surface area contributed by atoms with Crippen molar-refractivity contribution in [3.05, 3.63) is 76.1 Å². The number of nitrogens with one attached hydrogen (secondary N) is 3. The van der Waals surface area contributed by atoms with Crippen molar-refractivity contribution < 1.29 is 14.4 Å². The largest absolute Gasteiger partial charge is 0.352 e. The molecule has 0 aliphatic rings. The highest BCUT2D eigenvalue weighted by Gasteiger charge is 2.19. The van der Waals surface area contributed by atoms with Gasteiger partial charge in [0, 0.05) is 30.4 Å². The van der Waals surface area contributed by atoms with Gasteiger partial charge in [-0.2, -0.15) is 5.10 Å². The van der Waals surface area contributed by atoms with E-state index in [2.05, 4.69) is 21.0 Å². The Balaban J connectivity index is 1.63. The summed E-state index contributed by atoms with van der Waals surface area (Å²) >= 11 is 6.35. The van der Waals surface area contributed by atoms with Crippen molar-refractivity contribution in [2.24, 2.45) is 0 Å². The van der Waals surface area contributed by atoms with Gasteiger partial charge in [0.15, 0.2) is 0 Å². The highest BCUT2D eigenvalue weighted by atomic mass is 35.5. The maximum absolute atomic E-state index is 12.7. The third-order valence-electron chi connectivity index (χ3n) is 5.03. The minimum absolute atomic E-state index is 0.116. The summed E-state index contributed by atoms with van der Waals surface area (Å²) in [5.74, 6) is -0.666. The molecule has 0 saturated carbocycles. The lowest BCUT2D eigenvalue weighted by Crippen LogP contribution is -2.25. The molecule has 3 N–H and O–H groups in total. The fourth-order valence-electron chi connectivity index (χ4n) is 3.28. The zero-order valence-electron chi connectivity index (χ0n) is 18.9. The molecule has 0 spiro atoms. The Morgan fingerprint density at radius 3 is 2.30 bits per heavy atom. The number of hydrogen-bond acceptors (Lipinski definition) is 4. The molecular weight excluding hydrogens is 442 g/mol. The molecule has 0 radical (unpaired) electrons. The van der Waals surface area contributed by atoms with Gasteiger partial charge in [0.25, 0.3) is 5.91 Å². The number of carbonyl (C=O) groups excluding carboxylic acids is 3. The minimum Gasteiger partial charge on any atom is -0.352 e. The summed E-state index contributed by atoms with van der Waals surface area (Å²) < 4.78 is 1.66. The van der Waals surface area contributed by atoms with Crippen LogP contribution in [0.2, 0.25) is 5.02 Å². The zero-order chi connectivity index (χ0) is 24.1. The first-order valence-corrected chi connectivity index (χ1v) is 10.8. The summed E-state index contributed by atoms with van der Waals surface area (Å²) in [6, 6.07) is 13.2. The number of hydrogen-bond donors (Lipinski definition) is 3. The van der Waals surface area contributed by atoms with Crippen molar-refractivity contribution in [3.63, 3.8) is 0 Å². The molecule has 0 saturated heterocycles. The third kappa shape index (κ3) is 6.20. The Hall–Kier alpha value is -3.65. The van der Waals surface area contributed by atoms with E-state index in [9.17, 15) is 14.4 Å². The van der Waals surface area contributed by atoms with Crippen LogP contribution in [0.4, 0.5) is 11.4 Å². The first-order chi connectivity index (χ1) is 15.6. The summed E-state index contributed by atoms with van der Waals surface area (Å²) in [6.07, 6.45) is 0. The first kappa shape index (κ1) is 24.0. The van der Waals surface area contributed by atoms with Gasteiger partial charge in [-0.3, -0.25) is 19.1 Å². The Morgan fingerprint density at radius 2 is 1.73 bits per heavy atom. The standard InChI is InChI=1S/C24H26ClN5O3/c1-14-11-15(2)30(29-14)16(3)23(32)28-22-10-9-20(12-21(22)25)27-24(33)19-7-5-18(6-8-19)13-26-17(4)31/h5-12,16H,13H2,1-4H3,(H,26,31)(H,27,33)(H,28,32). The van der Waals surface area contributed by atoms with Crippen LogP contribution in [0.15, 0.2) is 48.5 Å². The molecule has 172 valence electrons. The molecule has 0 bridgehead atoms. The fourth-order valence-corrected chi connectivity index (χ4v) is 3.51. The number of benzene rings is 2. The van der Waals surface area contributed by atoms with Crippen molar-refractivity contribution in [1.82, 2.24) is 15.1 Å². The summed E-state index contributed by atoms with van der Waals surface area (Å²) in [7, 11) is 0. The van der Waals surface area contributed by atoms with Crippen molar-refractivity contribution in [2.75, 3.05) is 10.6 Å². The number of carbonyl (C=O) groups is 3. The molecule has 0 aliphatic carbocycles. The lowest BCUT2D eigenvalue weighted by Gasteiger charge is -2.16. The van der Waals surface area contributed by atoms with Crippen molar-refractivity contribution in [1.29, 1.82) is 0 Å². The molecule has 3 rings (SSSR count). The van der Waals surface area contributed by atoms with Crippen molar-refractivity contribution in [2.45, 2.75) is 40.3 Å². The van der Waals surface area contributed by atoms with Crippen LogP contribution in [-0.4, -0.2) is 27.5 Å². The van der Waals surface area contributed by atoms with Gasteiger partial charge in [-0.25, -0.2) is 0 Å². The van der Waals surface area contributed by atoms with E-state index in [0.29, 0.717) is 28.5 Å². The number of halogens is 1. The Bertz CT molecular complexity index is 1190. The van der Waals surface area contributed by atoms with E-state index >= 15 is 0 Å².